The molecule has 3 heterocycles. The van der Waals surface area contributed by atoms with Crippen LogP contribution in [0, 0.1) is 13.8 Å². The number of amides is 1. The molecule has 126 valence electrons. The van der Waals surface area contributed by atoms with Gasteiger partial charge in [0.2, 0.25) is 0 Å². The van der Waals surface area contributed by atoms with E-state index >= 15 is 0 Å². The fourth-order valence-corrected chi connectivity index (χ4v) is 2.72. The van der Waals surface area contributed by atoms with Crippen molar-refractivity contribution in [1.82, 2.24) is 34.7 Å². The summed E-state index contributed by atoms with van der Waals surface area (Å²) in [5, 5.41) is 11.5. The van der Waals surface area contributed by atoms with Gasteiger partial charge >= 0.3 is 0 Å². The molecule has 0 radical (unpaired) electrons. The van der Waals surface area contributed by atoms with Crippen molar-refractivity contribution in [1.29, 1.82) is 0 Å². The van der Waals surface area contributed by atoms with Gasteiger partial charge in [0, 0.05) is 18.3 Å². The Morgan fingerprint density at radius 3 is 2.79 bits per heavy atom. The van der Waals surface area contributed by atoms with Gasteiger partial charge in [0.25, 0.3) is 5.91 Å². The summed E-state index contributed by atoms with van der Waals surface area (Å²) in [6.45, 7) is 8.51. The Balaban J connectivity index is 1.88. The summed E-state index contributed by atoms with van der Waals surface area (Å²) in [5.41, 5.74) is 2.78. The largest absolute Gasteiger partial charge is 0.341 e. The van der Waals surface area contributed by atoms with Gasteiger partial charge in [-0.15, -0.1) is 0 Å². The van der Waals surface area contributed by atoms with Gasteiger partial charge in [-0.25, -0.2) is 19.2 Å². The number of rotatable bonds is 5. The SMILES string of the molecule is CCC(NC(=O)c1cc(C)n2nc(C)cc2n1)c1ncnn1CC. The molecule has 1 unspecified atom stereocenters. The molecule has 3 aromatic heterocycles. The molecule has 8 heteroatoms. The monoisotopic (exact) mass is 327 g/mol. The zero-order valence-electron chi connectivity index (χ0n) is 14.3. The van der Waals surface area contributed by atoms with Gasteiger partial charge in [0.1, 0.15) is 17.8 Å². The maximum absolute atomic E-state index is 12.7. The fourth-order valence-electron chi connectivity index (χ4n) is 2.72. The third kappa shape index (κ3) is 2.86. The lowest BCUT2D eigenvalue weighted by Gasteiger charge is -2.16. The Morgan fingerprint density at radius 1 is 1.29 bits per heavy atom. The molecule has 1 N–H and O–H groups in total. The predicted octanol–water partition coefficient (Wildman–Crippen LogP) is 1.84. The Bertz CT molecular complexity index is 880. The minimum Gasteiger partial charge on any atom is -0.341 e. The summed E-state index contributed by atoms with van der Waals surface area (Å²) < 4.78 is 3.52. The lowest BCUT2D eigenvalue weighted by molar-refractivity contribution is 0.0927. The van der Waals surface area contributed by atoms with Crippen molar-refractivity contribution in [2.45, 2.75) is 46.7 Å². The van der Waals surface area contributed by atoms with Crippen molar-refractivity contribution >= 4 is 11.6 Å². The van der Waals surface area contributed by atoms with Crippen LogP contribution in [0.4, 0.5) is 0 Å². The second kappa shape index (κ2) is 6.38. The summed E-state index contributed by atoms with van der Waals surface area (Å²) in [6.07, 6.45) is 2.23. The van der Waals surface area contributed by atoms with Crippen molar-refractivity contribution in [3.05, 3.63) is 41.4 Å². The number of aromatic nitrogens is 6. The highest BCUT2D eigenvalue weighted by Gasteiger charge is 2.20. The summed E-state index contributed by atoms with van der Waals surface area (Å²) >= 11 is 0. The van der Waals surface area contributed by atoms with Crippen LogP contribution < -0.4 is 5.32 Å². The molecular formula is C16H21N7O. The molecular weight excluding hydrogens is 306 g/mol. The topological polar surface area (TPSA) is 90.0 Å². The molecule has 0 saturated carbocycles. The smallest absolute Gasteiger partial charge is 0.270 e. The summed E-state index contributed by atoms with van der Waals surface area (Å²) in [4.78, 5) is 21.3. The average Bonchev–Trinajstić information content (AvgIpc) is 3.17. The van der Waals surface area contributed by atoms with E-state index in [4.69, 9.17) is 0 Å². The Morgan fingerprint density at radius 2 is 2.08 bits per heavy atom. The molecule has 3 rings (SSSR count). The number of fused-ring (bicyclic) bond motifs is 1. The molecule has 0 aromatic carbocycles. The highest BCUT2D eigenvalue weighted by molar-refractivity contribution is 5.93. The number of nitrogens with zero attached hydrogens (tertiary/aromatic N) is 6. The van der Waals surface area contributed by atoms with E-state index in [0.29, 0.717) is 17.9 Å². The molecule has 0 aliphatic rings. The van der Waals surface area contributed by atoms with Gasteiger partial charge in [-0.3, -0.25) is 4.79 Å². The van der Waals surface area contributed by atoms with Crippen molar-refractivity contribution < 1.29 is 4.79 Å². The Hall–Kier alpha value is -2.77. The first-order valence-electron chi connectivity index (χ1n) is 8.06. The van der Waals surface area contributed by atoms with Gasteiger partial charge in [0.15, 0.2) is 5.65 Å². The maximum atomic E-state index is 12.7. The van der Waals surface area contributed by atoms with Crippen LogP contribution in [0.2, 0.25) is 0 Å². The second-order valence-corrected chi connectivity index (χ2v) is 5.71. The van der Waals surface area contributed by atoms with Crippen molar-refractivity contribution in [3.63, 3.8) is 0 Å². The summed E-state index contributed by atoms with van der Waals surface area (Å²) in [6, 6.07) is 3.39. The Kier molecular flexibility index (Phi) is 4.28. The summed E-state index contributed by atoms with van der Waals surface area (Å²) in [7, 11) is 0. The lowest BCUT2D eigenvalue weighted by Crippen LogP contribution is -2.31. The molecule has 0 aliphatic heterocycles. The molecule has 0 bridgehead atoms. The van der Waals surface area contributed by atoms with Crippen molar-refractivity contribution in [2.24, 2.45) is 0 Å². The van der Waals surface area contributed by atoms with Crippen LogP contribution in [0.5, 0.6) is 0 Å². The molecule has 1 atom stereocenters. The van der Waals surface area contributed by atoms with E-state index in [9.17, 15) is 4.79 Å². The number of aryl methyl sites for hydroxylation is 3. The molecule has 0 saturated heterocycles. The standard InChI is InChI=1S/C16H21N7O/c1-5-12(15-17-9-18-22(15)6-2)20-16(24)13-8-11(4)23-14(19-13)7-10(3)21-23/h7-9,12H,5-6H2,1-4H3,(H,20,24). The van der Waals surface area contributed by atoms with Crippen LogP contribution in [0.25, 0.3) is 5.65 Å². The number of carbonyl (C=O) groups is 1. The number of hydrogen-bond acceptors (Lipinski definition) is 5. The van der Waals surface area contributed by atoms with Crippen LogP contribution >= 0.6 is 0 Å². The first kappa shape index (κ1) is 16.1. The molecule has 3 aromatic rings. The second-order valence-electron chi connectivity index (χ2n) is 5.71. The quantitative estimate of drug-likeness (QED) is 0.772. The van der Waals surface area contributed by atoms with Gasteiger partial charge < -0.3 is 5.32 Å². The highest BCUT2D eigenvalue weighted by atomic mass is 16.2. The van der Waals surface area contributed by atoms with Crippen molar-refractivity contribution in [2.75, 3.05) is 0 Å². The molecule has 0 aliphatic carbocycles. The minimum absolute atomic E-state index is 0.204. The minimum atomic E-state index is -0.225. The number of hydrogen-bond donors (Lipinski definition) is 1. The van der Waals surface area contributed by atoms with Crippen LogP contribution in [0.1, 0.15) is 54.0 Å². The first-order chi connectivity index (χ1) is 11.5. The van der Waals surface area contributed by atoms with Gasteiger partial charge in [-0.1, -0.05) is 6.92 Å². The number of nitrogens with one attached hydrogen (secondary N) is 1. The van der Waals surface area contributed by atoms with Crippen LogP contribution in [-0.4, -0.2) is 35.3 Å². The zero-order valence-corrected chi connectivity index (χ0v) is 14.3. The molecule has 0 fully saturated rings. The van der Waals surface area contributed by atoms with Gasteiger partial charge in [-0.05, 0) is 33.3 Å². The van der Waals surface area contributed by atoms with Crippen LogP contribution in [-0.2, 0) is 6.54 Å². The van der Waals surface area contributed by atoms with Gasteiger partial charge in [0.05, 0.1) is 11.7 Å². The third-order valence-electron chi connectivity index (χ3n) is 3.93. The number of carbonyl (C=O) groups excluding carboxylic acids is 1. The fraction of sp³-hybridized carbons (Fsp3) is 0.438. The third-order valence-corrected chi connectivity index (χ3v) is 3.93. The van der Waals surface area contributed by atoms with E-state index in [-0.39, 0.29) is 11.9 Å². The zero-order chi connectivity index (χ0) is 17.3. The molecule has 8 nitrogen and oxygen atoms in total. The van der Waals surface area contributed by atoms with E-state index in [1.165, 1.54) is 6.33 Å². The lowest BCUT2D eigenvalue weighted by atomic mass is 10.2. The van der Waals surface area contributed by atoms with Gasteiger partial charge in [-0.2, -0.15) is 10.2 Å². The molecule has 24 heavy (non-hydrogen) atoms. The van der Waals surface area contributed by atoms with E-state index in [1.807, 2.05) is 33.8 Å². The van der Waals surface area contributed by atoms with Crippen molar-refractivity contribution in [3.8, 4) is 0 Å². The van der Waals surface area contributed by atoms with Crippen LogP contribution in [0.15, 0.2) is 18.5 Å². The Labute approximate surface area is 139 Å². The highest BCUT2D eigenvalue weighted by Crippen LogP contribution is 2.15. The van der Waals surface area contributed by atoms with Crippen LogP contribution in [0.3, 0.4) is 0 Å². The first-order valence-corrected chi connectivity index (χ1v) is 8.06. The van der Waals surface area contributed by atoms with E-state index in [2.05, 4.69) is 25.5 Å². The predicted molar refractivity (Wildman–Crippen MR) is 88.7 cm³/mol. The molecule has 1 amide bonds. The van der Waals surface area contributed by atoms with E-state index in [1.54, 1.807) is 15.3 Å². The molecule has 0 spiro atoms. The maximum Gasteiger partial charge on any atom is 0.270 e. The van der Waals surface area contributed by atoms with E-state index < -0.39 is 0 Å². The normalized spacial score (nSPS) is 12.5. The van der Waals surface area contributed by atoms with E-state index in [0.717, 1.165) is 23.6 Å². The average molecular weight is 327 g/mol. The summed E-state index contributed by atoms with van der Waals surface area (Å²) in [5.74, 6) is 0.531.